The van der Waals surface area contributed by atoms with Crippen LogP contribution in [0.3, 0.4) is 0 Å². The molecule has 0 aliphatic carbocycles. The van der Waals surface area contributed by atoms with Gasteiger partial charge in [-0.1, -0.05) is 51.1 Å². The number of carbonyl (C=O) groups is 1. The molecule has 0 heterocycles. The van der Waals surface area contributed by atoms with E-state index in [1.807, 2.05) is 44.2 Å². The van der Waals surface area contributed by atoms with Gasteiger partial charge in [0, 0.05) is 5.69 Å². The molecule has 0 bridgehead atoms. The average molecular weight is 389 g/mol. The van der Waals surface area contributed by atoms with Gasteiger partial charge in [0.2, 0.25) is 15.9 Å². The molecule has 2 aromatic carbocycles. The lowest BCUT2D eigenvalue weighted by atomic mass is 9.86. The molecule has 2 rings (SSSR count). The fraction of sp³-hybridized carbons (Fsp3) is 0.381. The van der Waals surface area contributed by atoms with Crippen LogP contribution in [0.15, 0.2) is 42.5 Å². The first-order chi connectivity index (χ1) is 12.4. The van der Waals surface area contributed by atoms with E-state index >= 15 is 0 Å². The molecule has 1 N–H and O–H groups in total. The summed E-state index contributed by atoms with van der Waals surface area (Å²) in [5, 5.41) is 2.88. The van der Waals surface area contributed by atoms with Crippen LogP contribution in [0.2, 0.25) is 0 Å². The Morgan fingerprint density at radius 3 is 2.26 bits per heavy atom. The number of sulfonamides is 1. The van der Waals surface area contributed by atoms with E-state index < -0.39 is 10.0 Å². The summed E-state index contributed by atoms with van der Waals surface area (Å²) in [4.78, 5) is 12.7. The maximum Gasteiger partial charge on any atom is 0.245 e. The standard InChI is InChI=1S/C21H28N2O3S/c1-15-10-9-13-19(16(15)2)23(27(6,25)26)14-20(24)22-18-12-8-7-11-17(18)21(3,4)5/h7-13H,14H2,1-6H3,(H,22,24). The Labute approximate surface area is 162 Å². The van der Waals surface area contributed by atoms with E-state index in [-0.39, 0.29) is 17.9 Å². The molecule has 0 aliphatic rings. The van der Waals surface area contributed by atoms with Gasteiger partial charge in [-0.15, -0.1) is 0 Å². The van der Waals surface area contributed by atoms with Crippen LogP contribution in [0.4, 0.5) is 11.4 Å². The van der Waals surface area contributed by atoms with Crippen molar-refractivity contribution in [3.05, 3.63) is 59.2 Å². The first-order valence-corrected chi connectivity index (χ1v) is 10.7. The van der Waals surface area contributed by atoms with Crippen molar-refractivity contribution in [3.63, 3.8) is 0 Å². The van der Waals surface area contributed by atoms with Crippen molar-refractivity contribution in [2.45, 2.75) is 40.0 Å². The summed E-state index contributed by atoms with van der Waals surface area (Å²) >= 11 is 0. The van der Waals surface area contributed by atoms with Crippen LogP contribution in [0, 0.1) is 13.8 Å². The highest BCUT2D eigenvalue weighted by Gasteiger charge is 2.24. The monoisotopic (exact) mass is 388 g/mol. The number of carbonyl (C=O) groups excluding carboxylic acids is 1. The minimum absolute atomic E-state index is 0.145. The van der Waals surface area contributed by atoms with Crippen LogP contribution < -0.4 is 9.62 Å². The van der Waals surface area contributed by atoms with Gasteiger partial charge in [-0.25, -0.2) is 8.42 Å². The maximum atomic E-state index is 12.7. The summed E-state index contributed by atoms with van der Waals surface area (Å²) in [5.74, 6) is -0.377. The molecule has 0 saturated heterocycles. The van der Waals surface area contributed by atoms with Gasteiger partial charge in [-0.2, -0.15) is 0 Å². The summed E-state index contributed by atoms with van der Waals surface area (Å²) in [6.07, 6.45) is 1.12. The van der Waals surface area contributed by atoms with Crippen molar-refractivity contribution in [1.82, 2.24) is 0 Å². The number of para-hydroxylation sites is 1. The predicted molar refractivity (Wildman–Crippen MR) is 112 cm³/mol. The molecule has 0 unspecified atom stereocenters. The summed E-state index contributed by atoms with van der Waals surface area (Å²) in [6, 6.07) is 13.0. The number of anilines is 2. The molecular formula is C21H28N2O3S. The van der Waals surface area contributed by atoms with Gasteiger partial charge in [0.15, 0.2) is 0 Å². The number of rotatable bonds is 5. The van der Waals surface area contributed by atoms with Crippen LogP contribution in [0.5, 0.6) is 0 Å². The zero-order chi connectivity index (χ0) is 20.4. The number of hydrogen-bond acceptors (Lipinski definition) is 3. The van der Waals surface area contributed by atoms with E-state index in [1.165, 1.54) is 0 Å². The van der Waals surface area contributed by atoms with E-state index in [0.29, 0.717) is 11.4 Å². The first-order valence-electron chi connectivity index (χ1n) is 8.84. The van der Waals surface area contributed by atoms with Gasteiger partial charge < -0.3 is 5.32 Å². The highest BCUT2D eigenvalue weighted by molar-refractivity contribution is 7.92. The van der Waals surface area contributed by atoms with Crippen LogP contribution >= 0.6 is 0 Å². The Balaban J connectivity index is 2.33. The van der Waals surface area contributed by atoms with Gasteiger partial charge >= 0.3 is 0 Å². The fourth-order valence-corrected chi connectivity index (χ4v) is 3.86. The molecule has 5 nitrogen and oxygen atoms in total. The zero-order valence-electron chi connectivity index (χ0n) is 16.8. The third-order valence-electron chi connectivity index (χ3n) is 4.54. The van der Waals surface area contributed by atoms with E-state index in [0.717, 1.165) is 27.3 Å². The number of nitrogens with zero attached hydrogens (tertiary/aromatic N) is 1. The van der Waals surface area contributed by atoms with E-state index in [2.05, 4.69) is 26.1 Å². The summed E-state index contributed by atoms with van der Waals surface area (Å²) in [6.45, 7) is 9.70. The normalized spacial score (nSPS) is 11.9. The Hall–Kier alpha value is -2.34. The molecule has 0 aromatic heterocycles. The SMILES string of the molecule is Cc1cccc(N(CC(=O)Nc2ccccc2C(C)(C)C)S(C)(=O)=O)c1C. The van der Waals surface area contributed by atoms with E-state index in [9.17, 15) is 13.2 Å². The second-order valence-electron chi connectivity index (χ2n) is 7.83. The molecule has 146 valence electrons. The van der Waals surface area contributed by atoms with Crippen molar-refractivity contribution >= 4 is 27.3 Å². The van der Waals surface area contributed by atoms with Crippen molar-refractivity contribution in [1.29, 1.82) is 0 Å². The van der Waals surface area contributed by atoms with Gasteiger partial charge in [0.05, 0.1) is 11.9 Å². The lowest BCUT2D eigenvalue weighted by molar-refractivity contribution is -0.114. The third kappa shape index (κ3) is 5.10. The smallest absolute Gasteiger partial charge is 0.245 e. The first kappa shape index (κ1) is 21.0. The summed E-state index contributed by atoms with van der Waals surface area (Å²) < 4.78 is 25.9. The number of benzene rings is 2. The largest absolute Gasteiger partial charge is 0.324 e. The second-order valence-corrected chi connectivity index (χ2v) is 9.74. The molecule has 27 heavy (non-hydrogen) atoms. The van der Waals surface area contributed by atoms with Gasteiger partial charge in [-0.05, 0) is 48.1 Å². The Bertz CT molecular complexity index is 944. The van der Waals surface area contributed by atoms with Gasteiger partial charge in [0.1, 0.15) is 6.54 Å². The molecule has 0 fully saturated rings. The molecule has 0 spiro atoms. The Morgan fingerprint density at radius 2 is 1.67 bits per heavy atom. The third-order valence-corrected chi connectivity index (χ3v) is 5.67. The fourth-order valence-electron chi connectivity index (χ4n) is 2.95. The predicted octanol–water partition coefficient (Wildman–Crippen LogP) is 4.01. The highest BCUT2D eigenvalue weighted by Crippen LogP contribution is 2.29. The van der Waals surface area contributed by atoms with Crippen molar-refractivity contribution in [3.8, 4) is 0 Å². The van der Waals surface area contributed by atoms with Crippen LogP contribution in [0.1, 0.15) is 37.5 Å². The summed E-state index contributed by atoms with van der Waals surface area (Å²) in [5.41, 5.74) is 3.88. The van der Waals surface area contributed by atoms with Crippen LogP contribution in [0.25, 0.3) is 0 Å². The van der Waals surface area contributed by atoms with Crippen LogP contribution in [-0.2, 0) is 20.2 Å². The number of aryl methyl sites for hydroxylation is 1. The second kappa shape index (κ2) is 7.72. The van der Waals surface area contributed by atoms with E-state index in [4.69, 9.17) is 0 Å². The zero-order valence-corrected chi connectivity index (χ0v) is 17.6. The molecule has 0 saturated carbocycles. The highest BCUT2D eigenvalue weighted by atomic mass is 32.2. The lowest BCUT2D eigenvalue weighted by Crippen LogP contribution is -2.38. The minimum Gasteiger partial charge on any atom is -0.324 e. The van der Waals surface area contributed by atoms with Crippen LogP contribution in [-0.4, -0.2) is 27.1 Å². The summed E-state index contributed by atoms with van der Waals surface area (Å²) in [7, 11) is -3.61. The number of hydrogen-bond donors (Lipinski definition) is 1. The molecule has 0 atom stereocenters. The molecule has 6 heteroatoms. The lowest BCUT2D eigenvalue weighted by Gasteiger charge is -2.26. The molecule has 2 aromatic rings. The minimum atomic E-state index is -3.61. The van der Waals surface area contributed by atoms with Gasteiger partial charge in [-0.3, -0.25) is 9.10 Å². The molecule has 0 aliphatic heterocycles. The average Bonchev–Trinajstić information content (AvgIpc) is 2.54. The van der Waals surface area contributed by atoms with E-state index in [1.54, 1.807) is 12.1 Å². The van der Waals surface area contributed by atoms with Crippen molar-refractivity contribution in [2.24, 2.45) is 0 Å². The van der Waals surface area contributed by atoms with Gasteiger partial charge in [0.25, 0.3) is 0 Å². The molecule has 0 radical (unpaired) electrons. The Kier molecular flexibility index (Phi) is 6.00. The number of nitrogens with one attached hydrogen (secondary N) is 1. The quantitative estimate of drug-likeness (QED) is 0.842. The number of amides is 1. The Morgan fingerprint density at radius 1 is 1.04 bits per heavy atom. The topological polar surface area (TPSA) is 66.5 Å². The van der Waals surface area contributed by atoms with Crippen molar-refractivity contribution < 1.29 is 13.2 Å². The van der Waals surface area contributed by atoms with Crippen molar-refractivity contribution in [2.75, 3.05) is 22.4 Å². The maximum absolute atomic E-state index is 12.7. The molecule has 1 amide bonds. The molecular weight excluding hydrogens is 360 g/mol.